The van der Waals surface area contributed by atoms with Gasteiger partial charge in [-0.25, -0.2) is 0 Å². The Bertz CT molecular complexity index is 432. The van der Waals surface area contributed by atoms with Crippen molar-refractivity contribution in [1.82, 2.24) is 15.1 Å². The lowest BCUT2D eigenvalue weighted by Gasteiger charge is -2.03. The summed E-state index contributed by atoms with van der Waals surface area (Å²) < 4.78 is 1.66. The standard InChI is InChI=1S/C10H16N6O/c1-8-9(7-14-16(8)2)10(17)12-5-3-4-6-13-15-11/h7H,3-6H2,1-2H3,(H,12,17). The number of carbonyl (C=O) groups excluding carboxylic acids is 1. The van der Waals surface area contributed by atoms with E-state index in [1.165, 1.54) is 0 Å². The van der Waals surface area contributed by atoms with Crippen LogP contribution in [0.3, 0.4) is 0 Å². The molecule has 7 heteroatoms. The summed E-state index contributed by atoms with van der Waals surface area (Å²) in [6.45, 7) is 2.90. The first-order valence-electron chi connectivity index (χ1n) is 5.44. The van der Waals surface area contributed by atoms with E-state index in [0.29, 0.717) is 18.7 Å². The molecule has 1 aromatic rings. The van der Waals surface area contributed by atoms with Crippen LogP contribution < -0.4 is 5.32 Å². The number of amides is 1. The molecule has 1 amide bonds. The van der Waals surface area contributed by atoms with Crippen molar-refractivity contribution in [1.29, 1.82) is 0 Å². The second-order valence-corrected chi connectivity index (χ2v) is 3.68. The first-order chi connectivity index (χ1) is 8.16. The first kappa shape index (κ1) is 13.1. The normalized spacial score (nSPS) is 9.76. The van der Waals surface area contributed by atoms with Crippen molar-refractivity contribution in [2.75, 3.05) is 13.1 Å². The molecule has 1 heterocycles. The molecule has 0 spiro atoms. The second-order valence-electron chi connectivity index (χ2n) is 3.68. The van der Waals surface area contributed by atoms with Gasteiger partial charge in [0.1, 0.15) is 0 Å². The van der Waals surface area contributed by atoms with Crippen LogP contribution in [0.2, 0.25) is 0 Å². The zero-order chi connectivity index (χ0) is 12.7. The minimum Gasteiger partial charge on any atom is -0.352 e. The van der Waals surface area contributed by atoms with Gasteiger partial charge < -0.3 is 5.32 Å². The molecule has 17 heavy (non-hydrogen) atoms. The van der Waals surface area contributed by atoms with Gasteiger partial charge in [-0.3, -0.25) is 9.48 Å². The molecular weight excluding hydrogens is 220 g/mol. The summed E-state index contributed by atoms with van der Waals surface area (Å²) in [5, 5.41) is 10.2. The number of hydrogen-bond acceptors (Lipinski definition) is 3. The lowest BCUT2D eigenvalue weighted by molar-refractivity contribution is 0.0952. The Balaban J connectivity index is 2.30. The lowest BCUT2D eigenvalue weighted by atomic mass is 10.2. The molecule has 0 fully saturated rings. The van der Waals surface area contributed by atoms with Crippen molar-refractivity contribution in [3.63, 3.8) is 0 Å². The van der Waals surface area contributed by atoms with Crippen LogP contribution in [0.4, 0.5) is 0 Å². The summed E-state index contributed by atoms with van der Waals surface area (Å²) in [5.41, 5.74) is 9.52. The van der Waals surface area contributed by atoms with Gasteiger partial charge in [0.15, 0.2) is 0 Å². The van der Waals surface area contributed by atoms with Crippen molar-refractivity contribution in [3.8, 4) is 0 Å². The van der Waals surface area contributed by atoms with E-state index in [9.17, 15) is 4.79 Å². The number of aryl methyl sites for hydroxylation is 1. The van der Waals surface area contributed by atoms with Gasteiger partial charge in [-0.05, 0) is 25.3 Å². The third-order valence-corrected chi connectivity index (χ3v) is 2.51. The van der Waals surface area contributed by atoms with E-state index < -0.39 is 0 Å². The highest BCUT2D eigenvalue weighted by Crippen LogP contribution is 2.04. The van der Waals surface area contributed by atoms with Gasteiger partial charge in [0.05, 0.1) is 11.8 Å². The Hall–Kier alpha value is -2.01. The largest absolute Gasteiger partial charge is 0.352 e. The van der Waals surface area contributed by atoms with E-state index >= 15 is 0 Å². The predicted molar refractivity (Wildman–Crippen MR) is 63.5 cm³/mol. The molecule has 7 nitrogen and oxygen atoms in total. The van der Waals surface area contributed by atoms with Crippen LogP contribution in [0.5, 0.6) is 0 Å². The number of hydrogen-bond donors (Lipinski definition) is 1. The van der Waals surface area contributed by atoms with Crippen LogP contribution in [0.1, 0.15) is 28.9 Å². The van der Waals surface area contributed by atoms with Crippen LogP contribution >= 0.6 is 0 Å². The average Bonchev–Trinajstić information content (AvgIpc) is 2.64. The molecule has 0 unspecified atom stereocenters. The van der Waals surface area contributed by atoms with Crippen molar-refractivity contribution in [3.05, 3.63) is 27.9 Å². The van der Waals surface area contributed by atoms with Gasteiger partial charge in [-0.15, -0.1) is 0 Å². The Morgan fingerprint density at radius 1 is 1.65 bits per heavy atom. The SMILES string of the molecule is Cc1c(C(=O)NCCCCN=[N+]=[N-])cnn1C. The maximum absolute atomic E-state index is 11.7. The Morgan fingerprint density at radius 2 is 2.41 bits per heavy atom. The van der Waals surface area contributed by atoms with Crippen molar-refractivity contribution in [2.24, 2.45) is 12.2 Å². The highest BCUT2D eigenvalue weighted by atomic mass is 16.1. The highest BCUT2D eigenvalue weighted by molar-refractivity contribution is 5.94. The minimum atomic E-state index is -0.112. The number of azide groups is 1. The fourth-order valence-electron chi connectivity index (χ4n) is 1.37. The Kier molecular flexibility index (Phi) is 5.03. The summed E-state index contributed by atoms with van der Waals surface area (Å²) in [6.07, 6.45) is 3.13. The van der Waals surface area contributed by atoms with Crippen LogP contribution in [0, 0.1) is 6.92 Å². The van der Waals surface area contributed by atoms with Crippen molar-refractivity contribution < 1.29 is 4.79 Å². The highest BCUT2D eigenvalue weighted by Gasteiger charge is 2.11. The molecule has 0 saturated carbocycles. The van der Waals surface area contributed by atoms with Gasteiger partial charge in [-0.1, -0.05) is 5.11 Å². The van der Waals surface area contributed by atoms with Gasteiger partial charge >= 0.3 is 0 Å². The zero-order valence-corrected chi connectivity index (χ0v) is 10.1. The molecule has 0 aliphatic rings. The van der Waals surface area contributed by atoms with E-state index in [-0.39, 0.29) is 5.91 Å². The quantitative estimate of drug-likeness (QED) is 0.351. The molecule has 0 aromatic carbocycles. The molecule has 0 aliphatic heterocycles. The van der Waals surface area contributed by atoms with Crippen LogP contribution in [0.25, 0.3) is 10.4 Å². The molecule has 92 valence electrons. The second kappa shape index (κ2) is 6.55. The topological polar surface area (TPSA) is 95.7 Å². The molecule has 0 radical (unpaired) electrons. The molecule has 1 rings (SSSR count). The third kappa shape index (κ3) is 3.81. The lowest BCUT2D eigenvalue weighted by Crippen LogP contribution is -2.25. The summed E-state index contributed by atoms with van der Waals surface area (Å²) in [5.74, 6) is -0.112. The predicted octanol–water partition coefficient (Wildman–Crippen LogP) is 1.55. The van der Waals surface area contributed by atoms with E-state index in [1.807, 2.05) is 6.92 Å². The molecular formula is C10H16N6O. The fraction of sp³-hybridized carbons (Fsp3) is 0.600. The van der Waals surface area contributed by atoms with Crippen LogP contribution in [-0.2, 0) is 7.05 Å². The van der Waals surface area contributed by atoms with E-state index in [4.69, 9.17) is 5.53 Å². The van der Waals surface area contributed by atoms with Crippen LogP contribution in [0.15, 0.2) is 11.3 Å². The summed E-state index contributed by atoms with van der Waals surface area (Å²) >= 11 is 0. The van der Waals surface area contributed by atoms with Gasteiger partial charge in [0.2, 0.25) is 0 Å². The Morgan fingerprint density at radius 3 is 3.00 bits per heavy atom. The third-order valence-electron chi connectivity index (χ3n) is 2.51. The molecule has 0 bridgehead atoms. The molecule has 1 N–H and O–H groups in total. The summed E-state index contributed by atoms with van der Waals surface area (Å²) in [4.78, 5) is 14.4. The van der Waals surface area contributed by atoms with E-state index in [1.54, 1.807) is 17.9 Å². The fourth-order valence-corrected chi connectivity index (χ4v) is 1.37. The first-order valence-corrected chi connectivity index (χ1v) is 5.44. The van der Waals surface area contributed by atoms with Gasteiger partial charge in [0, 0.05) is 30.7 Å². The molecule has 0 aliphatic carbocycles. The number of aromatic nitrogens is 2. The monoisotopic (exact) mass is 236 g/mol. The molecule has 0 saturated heterocycles. The van der Waals surface area contributed by atoms with Crippen molar-refractivity contribution >= 4 is 5.91 Å². The molecule has 0 atom stereocenters. The number of rotatable bonds is 6. The van der Waals surface area contributed by atoms with E-state index in [2.05, 4.69) is 20.4 Å². The van der Waals surface area contributed by atoms with Gasteiger partial charge in [-0.2, -0.15) is 5.10 Å². The van der Waals surface area contributed by atoms with Crippen molar-refractivity contribution in [2.45, 2.75) is 19.8 Å². The zero-order valence-electron chi connectivity index (χ0n) is 10.1. The number of nitrogens with zero attached hydrogens (tertiary/aromatic N) is 5. The maximum atomic E-state index is 11.7. The van der Waals surface area contributed by atoms with Gasteiger partial charge in [0.25, 0.3) is 5.91 Å². The minimum absolute atomic E-state index is 0.112. The number of nitrogens with one attached hydrogen (secondary N) is 1. The maximum Gasteiger partial charge on any atom is 0.254 e. The molecule has 1 aromatic heterocycles. The number of carbonyl (C=O) groups is 1. The number of unbranched alkanes of at least 4 members (excludes halogenated alkanes) is 1. The smallest absolute Gasteiger partial charge is 0.254 e. The summed E-state index contributed by atoms with van der Waals surface area (Å²) in [7, 11) is 1.80. The van der Waals surface area contributed by atoms with Crippen LogP contribution in [-0.4, -0.2) is 28.8 Å². The average molecular weight is 236 g/mol. The Labute approximate surface area is 99.4 Å². The van der Waals surface area contributed by atoms with E-state index in [0.717, 1.165) is 18.5 Å². The summed E-state index contributed by atoms with van der Waals surface area (Å²) in [6, 6.07) is 0.